The fourth-order valence-corrected chi connectivity index (χ4v) is 4.40. The van der Waals surface area contributed by atoms with E-state index in [1.54, 1.807) is 23.7 Å². The number of aromatic nitrogens is 3. The molecule has 0 unspecified atom stereocenters. The summed E-state index contributed by atoms with van der Waals surface area (Å²) in [6.45, 7) is 4.72. The summed E-state index contributed by atoms with van der Waals surface area (Å²) < 4.78 is 0. The molecule has 0 bridgehead atoms. The molecule has 35 heavy (non-hydrogen) atoms. The molecule has 0 radical (unpaired) electrons. The molecule has 16 heteroatoms. The quantitative estimate of drug-likeness (QED) is 0.378. The summed E-state index contributed by atoms with van der Waals surface area (Å²) in [5.41, 5.74) is 5.44. The molecule has 0 aliphatic carbocycles. The van der Waals surface area contributed by atoms with Gasteiger partial charge in [0.1, 0.15) is 0 Å². The van der Waals surface area contributed by atoms with E-state index in [-0.39, 0.29) is 49.0 Å². The number of carbonyl (C=O) groups is 2. The molecule has 0 saturated heterocycles. The average molecular weight is 608 g/mol. The van der Waals surface area contributed by atoms with Gasteiger partial charge in [-0.25, -0.2) is 15.0 Å². The molecular weight excluding hydrogens is 575 g/mol. The Bertz CT molecular complexity index is 953. The highest BCUT2D eigenvalue weighted by molar-refractivity contribution is 7.15. The number of nitrogens with zero attached hydrogens (tertiary/aromatic N) is 5. The number of amides is 2. The highest BCUT2D eigenvalue weighted by Crippen LogP contribution is 2.18. The van der Waals surface area contributed by atoms with Gasteiger partial charge in [0.25, 0.3) is 0 Å². The van der Waals surface area contributed by atoms with Gasteiger partial charge in [-0.3, -0.25) is 9.59 Å². The minimum atomic E-state index is -0.0787. The largest absolute Gasteiger partial charge is 0.375 e. The van der Waals surface area contributed by atoms with Crippen LogP contribution in [0.5, 0.6) is 0 Å². The first-order chi connectivity index (χ1) is 15.0. The molecule has 10 nitrogen and oxygen atoms in total. The molecule has 0 aliphatic heterocycles. The first kappa shape index (κ1) is 38.0. The van der Waals surface area contributed by atoms with E-state index < -0.39 is 0 Å². The maximum absolute atomic E-state index is 10.7. The van der Waals surface area contributed by atoms with Gasteiger partial charge >= 0.3 is 0 Å². The third-order valence-corrected chi connectivity index (χ3v) is 5.46. The van der Waals surface area contributed by atoms with Crippen LogP contribution in [-0.2, 0) is 22.7 Å². The summed E-state index contributed by atoms with van der Waals surface area (Å²) in [5.74, 6) is -0.157. The first-order valence-electron chi connectivity index (χ1n) is 9.44. The van der Waals surface area contributed by atoms with Crippen LogP contribution in [0.1, 0.15) is 23.6 Å². The molecule has 0 aliphatic rings. The molecule has 3 aromatic rings. The number of nitrogens with one attached hydrogen (secondary N) is 2. The summed E-state index contributed by atoms with van der Waals surface area (Å²) in [6, 6.07) is 0. The lowest BCUT2D eigenvalue weighted by atomic mass is 10.5. The number of nitrogens with two attached hydrogens (primary N) is 1. The van der Waals surface area contributed by atoms with Crippen LogP contribution in [0.25, 0.3) is 0 Å². The van der Waals surface area contributed by atoms with Crippen molar-refractivity contribution in [2.24, 2.45) is 0 Å². The molecule has 0 atom stereocenters. The minimum absolute atomic E-state index is 0. The summed E-state index contributed by atoms with van der Waals surface area (Å²) in [6.07, 6.45) is 5.26. The number of hydrogen-bond donors (Lipinski definition) is 3. The molecule has 0 fully saturated rings. The van der Waals surface area contributed by atoms with E-state index in [1.165, 1.54) is 41.4 Å². The number of nitrogen functional groups attached to an aromatic ring is 1. The van der Waals surface area contributed by atoms with Crippen LogP contribution in [-0.4, -0.2) is 64.8 Å². The molecule has 3 rings (SSSR count). The fourth-order valence-electron chi connectivity index (χ4n) is 2.04. The van der Waals surface area contributed by atoms with Crippen LogP contribution in [0.3, 0.4) is 0 Å². The average Bonchev–Trinajstić information content (AvgIpc) is 3.39. The van der Waals surface area contributed by atoms with Crippen LogP contribution in [0.4, 0.5) is 15.4 Å². The Morgan fingerprint density at radius 2 is 1.31 bits per heavy atom. The summed E-state index contributed by atoms with van der Waals surface area (Å²) in [5, 5.41) is 8.99. The van der Waals surface area contributed by atoms with Gasteiger partial charge in [-0.05, 0) is 28.2 Å². The Kier molecular flexibility index (Phi) is 22.3. The molecule has 200 valence electrons. The maximum Gasteiger partial charge on any atom is 0.223 e. The maximum atomic E-state index is 10.7. The van der Waals surface area contributed by atoms with Crippen molar-refractivity contribution in [2.45, 2.75) is 26.9 Å². The van der Waals surface area contributed by atoms with Gasteiger partial charge in [0, 0.05) is 60.7 Å². The predicted molar refractivity (Wildman–Crippen MR) is 156 cm³/mol. The fraction of sp³-hybridized carbons (Fsp3) is 0.421. The zero-order chi connectivity index (χ0) is 24.1. The van der Waals surface area contributed by atoms with Crippen molar-refractivity contribution in [3.05, 3.63) is 33.7 Å². The van der Waals surface area contributed by atoms with Crippen molar-refractivity contribution in [1.82, 2.24) is 24.8 Å². The molecule has 4 N–H and O–H groups in total. The van der Waals surface area contributed by atoms with Crippen LogP contribution >= 0.6 is 71.2 Å². The van der Waals surface area contributed by atoms with Crippen molar-refractivity contribution in [3.63, 3.8) is 0 Å². The Balaban J connectivity index is -0.000000428. The second-order valence-corrected chi connectivity index (χ2v) is 10.1. The Morgan fingerprint density at radius 3 is 1.71 bits per heavy atom. The first-order valence-corrected chi connectivity index (χ1v) is 12.0. The lowest BCUT2D eigenvalue weighted by Gasteiger charge is -2.05. The topological polar surface area (TPSA) is 129 Å². The van der Waals surface area contributed by atoms with Gasteiger partial charge < -0.3 is 26.2 Å². The van der Waals surface area contributed by atoms with Gasteiger partial charge in [0.15, 0.2) is 15.4 Å². The number of halogens is 3. The van der Waals surface area contributed by atoms with Crippen molar-refractivity contribution in [3.8, 4) is 0 Å². The Morgan fingerprint density at radius 1 is 0.829 bits per heavy atom. The van der Waals surface area contributed by atoms with Crippen molar-refractivity contribution < 1.29 is 9.59 Å². The lowest BCUT2D eigenvalue weighted by molar-refractivity contribution is -0.115. The van der Waals surface area contributed by atoms with Gasteiger partial charge in [0.2, 0.25) is 11.8 Å². The van der Waals surface area contributed by atoms with Crippen molar-refractivity contribution in [1.29, 1.82) is 0 Å². The molecule has 3 aromatic heterocycles. The second-order valence-electron chi connectivity index (χ2n) is 6.97. The minimum Gasteiger partial charge on any atom is -0.375 e. The molecule has 2 amide bonds. The summed E-state index contributed by atoms with van der Waals surface area (Å²) in [4.78, 5) is 39.4. The third kappa shape index (κ3) is 19.3. The van der Waals surface area contributed by atoms with E-state index in [0.29, 0.717) is 15.4 Å². The van der Waals surface area contributed by atoms with E-state index in [1.807, 2.05) is 39.8 Å². The summed E-state index contributed by atoms with van der Waals surface area (Å²) >= 11 is 4.45. The zero-order valence-corrected chi connectivity index (χ0v) is 25.2. The number of hydrogen-bond acceptors (Lipinski definition) is 11. The van der Waals surface area contributed by atoms with Crippen LogP contribution < -0.4 is 16.4 Å². The number of anilines is 3. The number of rotatable bonds is 6. The highest BCUT2D eigenvalue weighted by atomic mass is 35.5. The standard InChI is InChI=1S/C8H13N3OS.C6H11N3S.C5H6N2OS.3ClH/c1-6(12)10-8-9-4-7(13-8)5-11(2)3;1-9(2)4-5-3-8-6(7)10-5;1-4(8)7-5-6-2-3-9-5;;;/h4H,5H2,1-3H3,(H,9,10,12);3H,4H2,1-2H3,(H2,7,8);2-3H,1H3,(H,6,7,8);3*1H. The van der Waals surface area contributed by atoms with E-state index in [4.69, 9.17) is 5.73 Å². The predicted octanol–water partition coefficient (Wildman–Crippen LogP) is 4.32. The van der Waals surface area contributed by atoms with Crippen molar-refractivity contribution in [2.75, 3.05) is 44.6 Å². The third-order valence-electron chi connectivity index (χ3n) is 3.07. The van der Waals surface area contributed by atoms with E-state index in [0.717, 1.165) is 18.0 Å². The van der Waals surface area contributed by atoms with E-state index >= 15 is 0 Å². The second kappa shape index (κ2) is 20.6. The molecule has 0 aromatic carbocycles. The highest BCUT2D eigenvalue weighted by Gasteiger charge is 2.03. The van der Waals surface area contributed by atoms with Gasteiger partial charge in [-0.15, -0.1) is 71.2 Å². The van der Waals surface area contributed by atoms with E-state index in [2.05, 4.69) is 35.4 Å². The normalized spacial score (nSPS) is 9.26. The number of thiazole rings is 3. The molecular formula is C19H33Cl3N8O2S3. The van der Waals surface area contributed by atoms with Gasteiger partial charge in [-0.2, -0.15) is 0 Å². The van der Waals surface area contributed by atoms with Gasteiger partial charge in [0.05, 0.1) is 0 Å². The monoisotopic (exact) mass is 606 g/mol. The van der Waals surface area contributed by atoms with Gasteiger partial charge in [-0.1, -0.05) is 0 Å². The zero-order valence-electron chi connectivity index (χ0n) is 20.3. The molecule has 3 heterocycles. The Hall–Kier alpha value is -1.58. The van der Waals surface area contributed by atoms with Crippen LogP contribution in [0.2, 0.25) is 0 Å². The summed E-state index contributed by atoms with van der Waals surface area (Å²) in [7, 11) is 8.04. The van der Waals surface area contributed by atoms with Crippen molar-refractivity contribution >= 4 is 98.4 Å². The smallest absolute Gasteiger partial charge is 0.223 e. The molecule has 0 saturated carbocycles. The SMILES string of the molecule is CC(=O)Nc1ncc(CN(C)C)s1.CC(=O)Nc1nccs1.CN(C)Cc1cnc(N)s1.Cl.Cl.Cl. The molecule has 0 spiro atoms. The van der Waals surface area contributed by atoms with Crippen LogP contribution in [0, 0.1) is 0 Å². The van der Waals surface area contributed by atoms with Crippen LogP contribution in [0.15, 0.2) is 24.0 Å². The number of carbonyl (C=O) groups excluding carboxylic acids is 2. The lowest BCUT2D eigenvalue weighted by Crippen LogP contribution is -2.09. The Labute approximate surface area is 237 Å². The van der Waals surface area contributed by atoms with E-state index in [9.17, 15) is 9.59 Å².